The maximum Gasteiger partial charge on any atom is 0.194 e. The summed E-state index contributed by atoms with van der Waals surface area (Å²) in [5.41, 5.74) is 2.74. The van der Waals surface area contributed by atoms with Crippen LogP contribution in [-0.2, 0) is 9.47 Å². The van der Waals surface area contributed by atoms with Crippen LogP contribution >= 0.6 is 24.0 Å². The molecule has 0 radical (unpaired) electrons. The Hall–Kier alpha value is -0.900. The molecular formula is C24H39IN4O2. The van der Waals surface area contributed by atoms with Gasteiger partial charge in [-0.1, -0.05) is 24.3 Å². The van der Waals surface area contributed by atoms with Crippen molar-refractivity contribution in [3.05, 3.63) is 35.4 Å². The van der Waals surface area contributed by atoms with Crippen molar-refractivity contribution in [3.63, 3.8) is 0 Å². The molecule has 0 amide bonds. The first-order valence-electron chi connectivity index (χ1n) is 11.7. The maximum absolute atomic E-state index is 6.15. The van der Waals surface area contributed by atoms with E-state index in [4.69, 9.17) is 14.5 Å². The molecule has 3 heterocycles. The number of nitrogens with one attached hydrogen (secondary N) is 1. The Balaban J connectivity index is 0.00000272. The first-order valence-corrected chi connectivity index (χ1v) is 11.7. The molecule has 1 atom stereocenters. The molecule has 3 saturated heterocycles. The smallest absolute Gasteiger partial charge is 0.194 e. The number of benzene rings is 1. The number of rotatable bonds is 5. The zero-order valence-corrected chi connectivity index (χ0v) is 21.5. The molecule has 4 rings (SSSR count). The molecule has 3 aliphatic heterocycles. The zero-order chi connectivity index (χ0) is 20.8. The van der Waals surface area contributed by atoms with Crippen LogP contribution in [0.5, 0.6) is 0 Å². The number of nitrogens with zero attached hydrogens (tertiary/aromatic N) is 3. The lowest BCUT2D eigenvalue weighted by Gasteiger charge is -2.44. The van der Waals surface area contributed by atoms with Gasteiger partial charge in [-0.15, -0.1) is 24.0 Å². The minimum absolute atomic E-state index is 0. The van der Waals surface area contributed by atoms with Crippen LogP contribution in [0.25, 0.3) is 0 Å². The number of hydrogen-bond donors (Lipinski definition) is 1. The molecule has 3 aliphatic rings. The van der Waals surface area contributed by atoms with Gasteiger partial charge < -0.3 is 19.7 Å². The summed E-state index contributed by atoms with van der Waals surface area (Å²) in [6.45, 7) is 12.6. The van der Waals surface area contributed by atoms with E-state index in [1.54, 1.807) is 0 Å². The lowest BCUT2D eigenvalue weighted by molar-refractivity contribution is -0.0156. The van der Waals surface area contributed by atoms with Gasteiger partial charge in [0.05, 0.1) is 19.7 Å². The van der Waals surface area contributed by atoms with Crippen LogP contribution in [0.3, 0.4) is 0 Å². The predicted octanol–water partition coefficient (Wildman–Crippen LogP) is 3.60. The molecule has 1 aromatic rings. The SMILES string of the molecule is CCNC(=NCC1(N2CCCC2)CCOCC1)N1CCOC(c2ccccc2C)C1.I. The van der Waals surface area contributed by atoms with E-state index >= 15 is 0 Å². The Morgan fingerprint density at radius 2 is 1.87 bits per heavy atom. The van der Waals surface area contributed by atoms with Crippen molar-refractivity contribution in [3.8, 4) is 0 Å². The van der Waals surface area contributed by atoms with E-state index in [9.17, 15) is 0 Å². The third-order valence-electron chi connectivity index (χ3n) is 6.96. The lowest BCUT2D eigenvalue weighted by atomic mass is 9.88. The second-order valence-electron chi connectivity index (χ2n) is 8.86. The highest BCUT2D eigenvalue weighted by Gasteiger charge is 2.39. The summed E-state index contributed by atoms with van der Waals surface area (Å²) in [6.07, 6.45) is 4.90. The molecule has 1 unspecified atom stereocenters. The first-order chi connectivity index (χ1) is 14.7. The van der Waals surface area contributed by atoms with Crippen LogP contribution in [0.2, 0.25) is 0 Å². The van der Waals surface area contributed by atoms with E-state index in [0.29, 0.717) is 0 Å². The zero-order valence-electron chi connectivity index (χ0n) is 19.1. The van der Waals surface area contributed by atoms with E-state index in [1.165, 1.54) is 37.1 Å². The Morgan fingerprint density at radius 3 is 2.58 bits per heavy atom. The molecular weight excluding hydrogens is 503 g/mol. The number of ether oxygens (including phenoxy) is 2. The van der Waals surface area contributed by atoms with E-state index < -0.39 is 0 Å². The van der Waals surface area contributed by atoms with Crippen molar-refractivity contribution in [2.75, 3.05) is 59.1 Å². The summed E-state index contributed by atoms with van der Waals surface area (Å²) in [5.74, 6) is 1.03. The molecule has 0 spiro atoms. The van der Waals surface area contributed by atoms with Crippen molar-refractivity contribution in [1.29, 1.82) is 0 Å². The average molecular weight is 543 g/mol. The molecule has 0 aromatic heterocycles. The van der Waals surface area contributed by atoms with Gasteiger partial charge in [0, 0.05) is 31.8 Å². The van der Waals surface area contributed by atoms with Gasteiger partial charge in [0.25, 0.3) is 0 Å². The Kier molecular flexibility index (Phi) is 9.43. The number of aliphatic imine (C=N–C) groups is 1. The molecule has 174 valence electrons. The summed E-state index contributed by atoms with van der Waals surface area (Å²) in [5, 5.41) is 3.56. The number of likely N-dealkylation sites (tertiary alicyclic amines) is 1. The highest BCUT2D eigenvalue weighted by Crippen LogP contribution is 2.32. The molecule has 1 N–H and O–H groups in total. The summed E-state index contributed by atoms with van der Waals surface area (Å²) in [6, 6.07) is 8.56. The topological polar surface area (TPSA) is 49.3 Å². The van der Waals surface area contributed by atoms with Gasteiger partial charge in [-0.25, -0.2) is 0 Å². The Bertz CT molecular complexity index is 717. The molecule has 31 heavy (non-hydrogen) atoms. The fourth-order valence-corrected chi connectivity index (χ4v) is 5.14. The monoisotopic (exact) mass is 542 g/mol. The molecule has 6 nitrogen and oxygen atoms in total. The van der Waals surface area contributed by atoms with Gasteiger partial charge in [0.1, 0.15) is 6.10 Å². The van der Waals surface area contributed by atoms with E-state index in [0.717, 1.165) is 64.8 Å². The van der Waals surface area contributed by atoms with Gasteiger partial charge in [0.15, 0.2) is 5.96 Å². The molecule has 0 bridgehead atoms. The standard InChI is InChI=1S/C24H38N4O2.HI/c1-3-25-23(26-19-24(10-15-29-16-11-24)28-12-6-7-13-28)27-14-17-30-22(18-27)21-9-5-4-8-20(21)2;/h4-5,8-9,22H,3,6-7,10-19H2,1-2H3,(H,25,26);1H. The summed E-state index contributed by atoms with van der Waals surface area (Å²) < 4.78 is 11.9. The summed E-state index contributed by atoms with van der Waals surface area (Å²) in [7, 11) is 0. The minimum Gasteiger partial charge on any atom is -0.381 e. The third-order valence-corrected chi connectivity index (χ3v) is 6.96. The van der Waals surface area contributed by atoms with Gasteiger partial charge >= 0.3 is 0 Å². The molecule has 7 heteroatoms. The number of aryl methyl sites for hydroxylation is 1. The Morgan fingerprint density at radius 1 is 1.13 bits per heavy atom. The Labute approximate surface area is 204 Å². The van der Waals surface area contributed by atoms with Gasteiger partial charge in [-0.2, -0.15) is 0 Å². The fourth-order valence-electron chi connectivity index (χ4n) is 5.14. The quantitative estimate of drug-likeness (QED) is 0.350. The van der Waals surface area contributed by atoms with Crippen LogP contribution in [0.1, 0.15) is 49.8 Å². The predicted molar refractivity (Wildman–Crippen MR) is 136 cm³/mol. The van der Waals surface area contributed by atoms with Crippen molar-refractivity contribution in [2.24, 2.45) is 4.99 Å². The molecule has 1 aromatic carbocycles. The van der Waals surface area contributed by atoms with E-state index in [1.807, 2.05) is 0 Å². The fraction of sp³-hybridized carbons (Fsp3) is 0.708. The van der Waals surface area contributed by atoms with Crippen molar-refractivity contribution in [1.82, 2.24) is 15.1 Å². The van der Waals surface area contributed by atoms with Crippen LogP contribution in [-0.4, -0.2) is 80.4 Å². The van der Waals surface area contributed by atoms with Crippen LogP contribution in [0.4, 0.5) is 0 Å². The highest BCUT2D eigenvalue weighted by atomic mass is 127. The molecule has 0 saturated carbocycles. The number of morpholine rings is 1. The van der Waals surface area contributed by atoms with E-state index in [-0.39, 0.29) is 35.6 Å². The average Bonchev–Trinajstić information content (AvgIpc) is 3.33. The largest absolute Gasteiger partial charge is 0.381 e. The minimum atomic E-state index is 0. The second-order valence-corrected chi connectivity index (χ2v) is 8.86. The number of halogens is 1. The molecule has 0 aliphatic carbocycles. The summed E-state index contributed by atoms with van der Waals surface area (Å²) >= 11 is 0. The van der Waals surface area contributed by atoms with Crippen LogP contribution < -0.4 is 5.32 Å². The molecule has 3 fully saturated rings. The number of guanidine groups is 1. The van der Waals surface area contributed by atoms with Crippen LogP contribution in [0, 0.1) is 6.92 Å². The highest BCUT2D eigenvalue weighted by molar-refractivity contribution is 14.0. The summed E-state index contributed by atoms with van der Waals surface area (Å²) in [4.78, 5) is 10.3. The van der Waals surface area contributed by atoms with Gasteiger partial charge in [-0.05, 0) is 63.7 Å². The normalized spacial score (nSPS) is 24.6. The van der Waals surface area contributed by atoms with Crippen molar-refractivity contribution < 1.29 is 9.47 Å². The van der Waals surface area contributed by atoms with Gasteiger partial charge in [-0.3, -0.25) is 9.89 Å². The van der Waals surface area contributed by atoms with Gasteiger partial charge in [0.2, 0.25) is 0 Å². The first kappa shape index (κ1) is 24.7. The number of hydrogen-bond acceptors (Lipinski definition) is 4. The van der Waals surface area contributed by atoms with Crippen molar-refractivity contribution >= 4 is 29.9 Å². The second kappa shape index (κ2) is 11.8. The maximum atomic E-state index is 6.15. The van der Waals surface area contributed by atoms with Crippen LogP contribution in [0.15, 0.2) is 29.3 Å². The van der Waals surface area contributed by atoms with Crippen molar-refractivity contribution in [2.45, 2.75) is 51.2 Å². The third kappa shape index (κ3) is 5.92. The lowest BCUT2D eigenvalue weighted by Crippen LogP contribution is -2.54. The van der Waals surface area contributed by atoms with E-state index in [2.05, 4.69) is 53.2 Å².